The van der Waals surface area contributed by atoms with Crippen LogP contribution in [-0.4, -0.2) is 29.7 Å². The first-order valence-electron chi connectivity index (χ1n) is 16.1. The van der Waals surface area contributed by atoms with Gasteiger partial charge in [-0.25, -0.2) is 10.0 Å². The molecule has 0 saturated heterocycles. The van der Waals surface area contributed by atoms with E-state index in [1.54, 1.807) is 0 Å². The summed E-state index contributed by atoms with van der Waals surface area (Å²) >= 11 is 7.59. The third-order valence-corrected chi connectivity index (χ3v) is 9.24. The van der Waals surface area contributed by atoms with Gasteiger partial charge in [-0.2, -0.15) is 5.10 Å². The molecule has 2 aliphatic rings. The SMILES string of the molecule is Brc1cc(C2=NN(c3ccccc3)C[N+](c3ccccc3)=N2)cc(-c2cc(Br)cc(C3=NN(c4ccccc4)CN(c4ccccc4)N3)c2)c1. The van der Waals surface area contributed by atoms with E-state index in [-0.39, 0.29) is 0 Å². The standard InChI is InChI=1S/C40H31Br2N8/c41-33-23-29(21-31(25-33)39-43-47(35-13-5-1-6-14-35)27-48(44-39)36-15-7-2-8-16-36)30-22-32(26-34(42)24-30)40-45-49(37-17-9-3-10-18-37)28-50(46-40)38-19-11-4-12-20-38/h1-26H,27-28H2,(H,43,44)/q+1. The average molecular weight is 784 g/mol. The van der Waals surface area contributed by atoms with Crippen LogP contribution in [0, 0.1) is 0 Å². The van der Waals surface area contributed by atoms with Crippen molar-refractivity contribution in [1.82, 2.24) is 5.43 Å². The van der Waals surface area contributed by atoms with E-state index < -0.39 is 0 Å². The van der Waals surface area contributed by atoms with Crippen LogP contribution in [0.2, 0.25) is 0 Å². The van der Waals surface area contributed by atoms with E-state index >= 15 is 0 Å². The largest absolute Gasteiger partial charge is 0.278 e. The quantitative estimate of drug-likeness (QED) is 0.164. The first kappa shape index (κ1) is 31.7. The molecule has 244 valence electrons. The molecule has 8 nitrogen and oxygen atoms in total. The number of halogens is 2. The molecule has 0 aromatic heterocycles. The van der Waals surface area contributed by atoms with Gasteiger partial charge in [0.05, 0.1) is 17.1 Å². The Morgan fingerprint density at radius 2 is 1.02 bits per heavy atom. The molecule has 0 fully saturated rings. The normalized spacial score (nSPS) is 14.4. The third kappa shape index (κ3) is 6.94. The molecule has 10 heteroatoms. The predicted molar refractivity (Wildman–Crippen MR) is 209 cm³/mol. The fourth-order valence-corrected chi connectivity index (χ4v) is 6.89. The van der Waals surface area contributed by atoms with E-state index in [2.05, 4.69) is 127 Å². The van der Waals surface area contributed by atoms with Gasteiger partial charge in [-0.05, 0) is 83.9 Å². The summed E-state index contributed by atoms with van der Waals surface area (Å²) in [5, 5.41) is 21.2. The second-order valence-electron chi connectivity index (χ2n) is 11.8. The van der Waals surface area contributed by atoms with Crippen LogP contribution < -0.4 is 20.5 Å². The van der Waals surface area contributed by atoms with Crippen molar-refractivity contribution in [2.75, 3.05) is 28.4 Å². The lowest BCUT2D eigenvalue weighted by Crippen LogP contribution is -2.53. The monoisotopic (exact) mass is 781 g/mol. The van der Waals surface area contributed by atoms with Gasteiger partial charge >= 0.3 is 0 Å². The minimum absolute atomic E-state index is 0.489. The summed E-state index contributed by atoms with van der Waals surface area (Å²) in [6.45, 7) is 1.03. The molecule has 2 heterocycles. The molecule has 0 atom stereocenters. The van der Waals surface area contributed by atoms with Crippen LogP contribution in [0.15, 0.2) is 182 Å². The Labute approximate surface area is 307 Å². The number of hydrogen-bond donors (Lipinski definition) is 1. The Morgan fingerprint density at radius 1 is 0.520 bits per heavy atom. The zero-order valence-corrected chi connectivity index (χ0v) is 30.0. The first-order valence-corrected chi connectivity index (χ1v) is 17.7. The second-order valence-corrected chi connectivity index (χ2v) is 13.6. The number of amidine groups is 2. The molecular formula is C40H31Br2N8+. The van der Waals surface area contributed by atoms with Crippen LogP contribution >= 0.6 is 31.9 Å². The van der Waals surface area contributed by atoms with Crippen LogP contribution in [0.5, 0.6) is 0 Å². The molecule has 0 bridgehead atoms. The van der Waals surface area contributed by atoms with Gasteiger partial charge in [-0.15, -0.1) is 5.10 Å². The van der Waals surface area contributed by atoms with Gasteiger partial charge in [0.25, 0.3) is 6.67 Å². The van der Waals surface area contributed by atoms with E-state index in [1.807, 2.05) is 87.5 Å². The number of nitrogens with one attached hydrogen (secondary N) is 1. The average Bonchev–Trinajstić information content (AvgIpc) is 3.18. The minimum Gasteiger partial charge on any atom is -0.278 e. The van der Waals surface area contributed by atoms with E-state index in [9.17, 15) is 0 Å². The fraction of sp³-hybridized carbons (Fsp3) is 0.0500. The Bertz CT molecular complexity index is 2230. The molecule has 0 aliphatic carbocycles. The molecule has 6 aromatic rings. The number of hydrazone groups is 2. The van der Waals surface area contributed by atoms with Crippen LogP contribution in [0.3, 0.4) is 0 Å². The number of anilines is 3. The number of azo groups is 2. The fourth-order valence-electron chi connectivity index (χ4n) is 5.90. The van der Waals surface area contributed by atoms with E-state index in [1.165, 1.54) is 0 Å². The second kappa shape index (κ2) is 14.1. The van der Waals surface area contributed by atoms with Gasteiger partial charge in [0.15, 0.2) is 5.84 Å². The van der Waals surface area contributed by atoms with E-state index in [0.29, 0.717) is 19.2 Å². The lowest BCUT2D eigenvalue weighted by molar-refractivity contribution is -0.508. The van der Waals surface area contributed by atoms with Crippen molar-refractivity contribution in [3.8, 4) is 11.1 Å². The Balaban J connectivity index is 1.19. The molecule has 8 rings (SSSR count). The third-order valence-electron chi connectivity index (χ3n) is 8.33. The summed E-state index contributed by atoms with van der Waals surface area (Å²) in [7, 11) is 0. The summed E-state index contributed by atoms with van der Waals surface area (Å²) in [5.41, 5.74) is 11.4. The number of hydrazine groups is 1. The van der Waals surface area contributed by atoms with Crippen molar-refractivity contribution < 1.29 is 4.70 Å². The van der Waals surface area contributed by atoms with Gasteiger partial charge in [0, 0.05) is 37.3 Å². The smallest absolute Gasteiger partial charge is 0.269 e. The van der Waals surface area contributed by atoms with Gasteiger partial charge < -0.3 is 0 Å². The number of nitrogens with zero attached hydrogens (tertiary/aromatic N) is 7. The van der Waals surface area contributed by atoms with E-state index in [0.717, 1.165) is 59.8 Å². The molecule has 0 spiro atoms. The van der Waals surface area contributed by atoms with E-state index in [4.69, 9.17) is 15.3 Å². The van der Waals surface area contributed by atoms with Crippen LogP contribution in [-0.2, 0) is 0 Å². The summed E-state index contributed by atoms with van der Waals surface area (Å²) in [6, 6.07) is 53.5. The van der Waals surface area contributed by atoms with Crippen LogP contribution in [0.4, 0.5) is 22.7 Å². The predicted octanol–water partition coefficient (Wildman–Crippen LogP) is 9.96. The number of benzene rings is 6. The van der Waals surface area contributed by atoms with Crippen molar-refractivity contribution in [3.05, 3.63) is 178 Å². The molecule has 0 radical (unpaired) electrons. The van der Waals surface area contributed by atoms with Gasteiger partial charge in [-0.3, -0.25) is 10.4 Å². The van der Waals surface area contributed by atoms with Crippen molar-refractivity contribution in [3.63, 3.8) is 0 Å². The lowest BCUT2D eigenvalue weighted by Gasteiger charge is -2.36. The first-order chi connectivity index (χ1) is 24.6. The molecule has 0 unspecified atom stereocenters. The van der Waals surface area contributed by atoms with Crippen LogP contribution in [0.25, 0.3) is 11.1 Å². The van der Waals surface area contributed by atoms with Crippen molar-refractivity contribution >= 4 is 66.3 Å². The zero-order valence-electron chi connectivity index (χ0n) is 26.8. The molecular weight excluding hydrogens is 752 g/mol. The highest BCUT2D eigenvalue weighted by Crippen LogP contribution is 2.32. The lowest BCUT2D eigenvalue weighted by atomic mass is 10.0. The van der Waals surface area contributed by atoms with Gasteiger partial charge in [0.1, 0.15) is 6.67 Å². The molecule has 0 amide bonds. The molecule has 1 N–H and O–H groups in total. The highest BCUT2D eigenvalue weighted by molar-refractivity contribution is 9.10. The summed E-state index contributed by atoms with van der Waals surface area (Å²) < 4.78 is 3.84. The number of para-hydroxylation sites is 4. The van der Waals surface area contributed by atoms with Crippen molar-refractivity contribution in [1.29, 1.82) is 0 Å². The highest BCUT2D eigenvalue weighted by Gasteiger charge is 2.27. The molecule has 6 aromatic carbocycles. The highest BCUT2D eigenvalue weighted by atomic mass is 79.9. The van der Waals surface area contributed by atoms with Crippen molar-refractivity contribution in [2.24, 2.45) is 15.3 Å². The maximum atomic E-state index is 5.08. The van der Waals surface area contributed by atoms with Crippen molar-refractivity contribution in [2.45, 2.75) is 0 Å². The molecule has 0 saturated carbocycles. The Morgan fingerprint density at radius 3 is 1.64 bits per heavy atom. The van der Waals surface area contributed by atoms with Gasteiger partial charge in [0.2, 0.25) is 11.5 Å². The minimum atomic E-state index is 0.489. The topological polar surface area (TPSA) is 61.8 Å². The molecule has 2 aliphatic heterocycles. The zero-order chi connectivity index (χ0) is 33.9. The van der Waals surface area contributed by atoms with Gasteiger partial charge in [-0.1, -0.05) is 109 Å². The number of hydrogen-bond acceptors (Lipinski definition) is 7. The summed E-state index contributed by atoms with van der Waals surface area (Å²) in [5.74, 6) is 1.34. The maximum absolute atomic E-state index is 5.08. The summed E-state index contributed by atoms with van der Waals surface area (Å²) in [6.07, 6.45) is 0. The Hall–Kier alpha value is -5.58. The van der Waals surface area contributed by atoms with Crippen LogP contribution in [0.1, 0.15) is 11.1 Å². The molecule has 50 heavy (non-hydrogen) atoms. The maximum Gasteiger partial charge on any atom is 0.269 e. The Kier molecular flexibility index (Phi) is 8.94. The number of rotatable bonds is 7. The summed E-state index contributed by atoms with van der Waals surface area (Å²) in [4.78, 5) is 0.